The number of nitrogens with two attached hydrogens (primary N) is 1. The van der Waals surface area contributed by atoms with E-state index in [1.165, 1.54) is 0 Å². The second-order valence-corrected chi connectivity index (χ2v) is 3.43. The zero-order valence-electron chi connectivity index (χ0n) is 8.53. The van der Waals surface area contributed by atoms with E-state index >= 15 is 0 Å². The van der Waals surface area contributed by atoms with E-state index in [1.54, 1.807) is 0 Å². The van der Waals surface area contributed by atoms with Crippen molar-refractivity contribution in [2.75, 3.05) is 13.1 Å². The van der Waals surface area contributed by atoms with Crippen LogP contribution in [0.5, 0.6) is 0 Å². The Labute approximate surface area is 83.0 Å². The van der Waals surface area contributed by atoms with Gasteiger partial charge in [0.15, 0.2) is 0 Å². The van der Waals surface area contributed by atoms with Crippen molar-refractivity contribution < 1.29 is 13.2 Å². The smallest absolute Gasteiger partial charge is 0.328 e. The fraction of sp³-hybridized carbons (Fsp3) is 1.00. The van der Waals surface area contributed by atoms with Crippen LogP contribution < -0.4 is 11.1 Å². The van der Waals surface area contributed by atoms with Crippen LogP contribution in [-0.4, -0.2) is 25.3 Å². The molecule has 3 N–H and O–H groups in total. The molecule has 0 heterocycles. The summed E-state index contributed by atoms with van der Waals surface area (Å²) in [5, 5.41) is 2.94. The average Bonchev–Trinajstić information content (AvgIpc) is 2.08. The van der Waals surface area contributed by atoms with Crippen molar-refractivity contribution in [1.29, 1.82) is 0 Å². The molecule has 0 bridgehead atoms. The molecule has 0 saturated carbocycles. The number of alkyl halides is 3. The van der Waals surface area contributed by atoms with Gasteiger partial charge in [0.25, 0.3) is 0 Å². The van der Waals surface area contributed by atoms with Gasteiger partial charge < -0.3 is 11.1 Å². The zero-order chi connectivity index (χ0) is 11.0. The fourth-order valence-electron chi connectivity index (χ4n) is 1.03. The lowest BCUT2D eigenvalue weighted by Gasteiger charge is -2.10. The molecule has 0 saturated heterocycles. The third-order valence-corrected chi connectivity index (χ3v) is 2.03. The monoisotopic (exact) mass is 212 g/mol. The molecule has 0 rings (SSSR count). The lowest BCUT2D eigenvalue weighted by atomic mass is 10.2. The van der Waals surface area contributed by atoms with E-state index < -0.39 is 12.6 Å². The van der Waals surface area contributed by atoms with Gasteiger partial charge >= 0.3 is 6.18 Å². The maximum atomic E-state index is 11.7. The molecule has 2 nitrogen and oxygen atoms in total. The Kier molecular flexibility index (Phi) is 6.92. The van der Waals surface area contributed by atoms with Crippen LogP contribution in [0.25, 0.3) is 0 Å². The van der Waals surface area contributed by atoms with Crippen molar-refractivity contribution in [1.82, 2.24) is 5.32 Å². The van der Waals surface area contributed by atoms with Crippen LogP contribution in [-0.2, 0) is 0 Å². The first-order valence-corrected chi connectivity index (χ1v) is 4.98. The Morgan fingerprint density at radius 2 is 1.93 bits per heavy atom. The molecule has 1 unspecified atom stereocenters. The molecule has 0 radical (unpaired) electrons. The molecule has 0 amide bonds. The SMILES string of the molecule is CCC(N)CCNCCCC(F)(F)F. The van der Waals surface area contributed by atoms with E-state index in [0.29, 0.717) is 13.1 Å². The van der Waals surface area contributed by atoms with E-state index in [2.05, 4.69) is 5.32 Å². The van der Waals surface area contributed by atoms with Gasteiger partial charge in [-0.1, -0.05) is 6.92 Å². The number of rotatable bonds is 7. The van der Waals surface area contributed by atoms with Crippen molar-refractivity contribution in [3.8, 4) is 0 Å². The van der Waals surface area contributed by atoms with Crippen molar-refractivity contribution in [3.05, 3.63) is 0 Å². The highest BCUT2D eigenvalue weighted by Gasteiger charge is 2.25. The second kappa shape index (κ2) is 7.06. The number of hydrogen-bond acceptors (Lipinski definition) is 2. The van der Waals surface area contributed by atoms with Crippen LogP contribution in [0.1, 0.15) is 32.6 Å². The third kappa shape index (κ3) is 9.80. The van der Waals surface area contributed by atoms with E-state index in [-0.39, 0.29) is 12.5 Å². The van der Waals surface area contributed by atoms with E-state index in [4.69, 9.17) is 5.73 Å². The summed E-state index contributed by atoms with van der Waals surface area (Å²) < 4.78 is 35.1. The minimum atomic E-state index is -4.03. The topological polar surface area (TPSA) is 38.0 Å². The highest BCUT2D eigenvalue weighted by atomic mass is 19.4. The normalized spacial score (nSPS) is 14.4. The van der Waals surface area contributed by atoms with Gasteiger partial charge in [0, 0.05) is 12.5 Å². The zero-order valence-corrected chi connectivity index (χ0v) is 8.53. The van der Waals surface area contributed by atoms with Crippen LogP contribution in [0.3, 0.4) is 0 Å². The number of halogens is 3. The molecule has 0 aliphatic carbocycles. The fourth-order valence-corrected chi connectivity index (χ4v) is 1.03. The molecule has 86 valence electrons. The summed E-state index contributed by atoms with van der Waals surface area (Å²) >= 11 is 0. The van der Waals surface area contributed by atoms with Crippen LogP contribution in [0, 0.1) is 0 Å². The average molecular weight is 212 g/mol. The minimum absolute atomic E-state index is 0.144. The molecule has 0 aromatic heterocycles. The maximum Gasteiger partial charge on any atom is 0.389 e. The van der Waals surface area contributed by atoms with E-state index in [1.807, 2.05) is 6.92 Å². The first-order valence-electron chi connectivity index (χ1n) is 4.98. The molecular formula is C9H19F3N2. The van der Waals surface area contributed by atoms with Crippen LogP contribution >= 0.6 is 0 Å². The van der Waals surface area contributed by atoms with Crippen molar-refractivity contribution in [3.63, 3.8) is 0 Å². The molecule has 0 aliphatic heterocycles. The Bertz CT molecular complexity index is 137. The van der Waals surface area contributed by atoms with E-state index in [0.717, 1.165) is 12.8 Å². The van der Waals surface area contributed by atoms with Gasteiger partial charge in [0.2, 0.25) is 0 Å². The number of hydrogen-bond donors (Lipinski definition) is 2. The Morgan fingerprint density at radius 3 is 2.43 bits per heavy atom. The molecule has 0 spiro atoms. The predicted molar refractivity (Wildman–Crippen MR) is 51.0 cm³/mol. The quantitative estimate of drug-likeness (QED) is 0.634. The summed E-state index contributed by atoms with van der Waals surface area (Å²) in [5.41, 5.74) is 5.64. The lowest BCUT2D eigenvalue weighted by Crippen LogP contribution is -2.26. The largest absolute Gasteiger partial charge is 0.389 e. The van der Waals surface area contributed by atoms with Gasteiger partial charge in [0.1, 0.15) is 0 Å². The van der Waals surface area contributed by atoms with Gasteiger partial charge in [0.05, 0.1) is 0 Å². The van der Waals surface area contributed by atoms with Crippen LogP contribution in [0.15, 0.2) is 0 Å². The third-order valence-electron chi connectivity index (χ3n) is 2.03. The van der Waals surface area contributed by atoms with Gasteiger partial charge in [-0.15, -0.1) is 0 Å². The molecular weight excluding hydrogens is 193 g/mol. The minimum Gasteiger partial charge on any atom is -0.328 e. The first kappa shape index (κ1) is 13.7. The Hall–Kier alpha value is -0.290. The second-order valence-electron chi connectivity index (χ2n) is 3.43. The van der Waals surface area contributed by atoms with Crippen LogP contribution in [0.4, 0.5) is 13.2 Å². The summed E-state index contributed by atoms with van der Waals surface area (Å²) in [5.74, 6) is 0. The summed E-state index contributed by atoms with van der Waals surface area (Å²) in [4.78, 5) is 0. The van der Waals surface area contributed by atoms with Gasteiger partial charge in [-0.2, -0.15) is 13.2 Å². The highest BCUT2D eigenvalue weighted by molar-refractivity contribution is 4.61. The standard InChI is InChI=1S/C9H19F3N2/c1-2-8(13)4-7-14-6-3-5-9(10,11)12/h8,14H,2-7,13H2,1H3. The van der Waals surface area contributed by atoms with Crippen molar-refractivity contribution >= 4 is 0 Å². The summed E-state index contributed by atoms with van der Waals surface area (Å²) in [6.07, 6.45) is -2.86. The van der Waals surface area contributed by atoms with Gasteiger partial charge in [-0.25, -0.2) is 0 Å². The summed E-state index contributed by atoms with van der Waals surface area (Å²) in [6, 6.07) is 0.158. The molecule has 5 heteroatoms. The first-order chi connectivity index (χ1) is 6.45. The molecule has 0 aromatic rings. The van der Waals surface area contributed by atoms with Crippen molar-refractivity contribution in [2.45, 2.75) is 44.8 Å². The van der Waals surface area contributed by atoms with Crippen LogP contribution in [0.2, 0.25) is 0 Å². The van der Waals surface area contributed by atoms with Crippen molar-refractivity contribution in [2.24, 2.45) is 5.73 Å². The lowest BCUT2D eigenvalue weighted by molar-refractivity contribution is -0.135. The van der Waals surface area contributed by atoms with Gasteiger partial charge in [-0.05, 0) is 32.4 Å². The summed E-state index contributed by atoms with van der Waals surface area (Å²) in [7, 11) is 0. The Balaban J connectivity index is 3.14. The predicted octanol–water partition coefficient (Wildman–Crippen LogP) is 2.05. The molecule has 1 atom stereocenters. The molecule has 0 aromatic carbocycles. The number of nitrogens with one attached hydrogen (secondary N) is 1. The highest BCUT2D eigenvalue weighted by Crippen LogP contribution is 2.20. The molecule has 14 heavy (non-hydrogen) atoms. The molecule has 0 aliphatic rings. The Morgan fingerprint density at radius 1 is 1.29 bits per heavy atom. The summed E-state index contributed by atoms with van der Waals surface area (Å²) in [6.45, 7) is 3.11. The molecule has 0 fully saturated rings. The maximum absolute atomic E-state index is 11.7. The van der Waals surface area contributed by atoms with E-state index in [9.17, 15) is 13.2 Å². The van der Waals surface area contributed by atoms with Gasteiger partial charge in [-0.3, -0.25) is 0 Å².